The zero-order valence-corrected chi connectivity index (χ0v) is 13.9. The molecule has 3 rings (SSSR count). The molecule has 6 nitrogen and oxygen atoms in total. The fourth-order valence-corrected chi connectivity index (χ4v) is 3.02. The average Bonchev–Trinajstić information content (AvgIpc) is 2.63. The molecule has 0 radical (unpaired) electrons. The maximum absolute atomic E-state index is 9.08. The Hall–Kier alpha value is -2.65. The van der Waals surface area contributed by atoms with Crippen LogP contribution in [0.2, 0.25) is 0 Å². The highest BCUT2D eigenvalue weighted by Crippen LogP contribution is 2.16. The van der Waals surface area contributed by atoms with E-state index in [1.54, 1.807) is 6.20 Å². The number of aromatic nitrogens is 2. The van der Waals surface area contributed by atoms with E-state index >= 15 is 0 Å². The molecular weight excluding hydrogens is 300 g/mol. The van der Waals surface area contributed by atoms with Crippen molar-refractivity contribution in [2.75, 3.05) is 42.9 Å². The number of nitrogens with one attached hydrogen (secondary N) is 1. The van der Waals surface area contributed by atoms with Gasteiger partial charge in [-0.15, -0.1) is 0 Å². The number of hydrogen-bond acceptors (Lipinski definition) is 6. The first-order chi connectivity index (χ1) is 11.8. The quantitative estimate of drug-likeness (QED) is 0.908. The van der Waals surface area contributed by atoms with Crippen LogP contribution < -0.4 is 10.2 Å². The molecule has 0 bridgehead atoms. The van der Waals surface area contributed by atoms with Crippen LogP contribution in [0.4, 0.5) is 11.5 Å². The molecule has 1 aromatic carbocycles. The van der Waals surface area contributed by atoms with Crippen molar-refractivity contribution in [1.82, 2.24) is 14.9 Å². The summed E-state index contributed by atoms with van der Waals surface area (Å²) in [5.74, 6) is 0.565. The zero-order chi connectivity index (χ0) is 16.8. The molecule has 1 fully saturated rings. The molecule has 1 saturated heterocycles. The summed E-state index contributed by atoms with van der Waals surface area (Å²) in [4.78, 5) is 13.1. The lowest BCUT2D eigenvalue weighted by molar-refractivity contribution is 0.251. The van der Waals surface area contributed by atoms with Gasteiger partial charge in [-0.3, -0.25) is 4.90 Å². The third-order valence-electron chi connectivity index (χ3n) is 4.21. The Balaban J connectivity index is 1.50. The summed E-state index contributed by atoms with van der Waals surface area (Å²) in [6.45, 7) is 7.17. The summed E-state index contributed by atoms with van der Waals surface area (Å²) in [7, 11) is 0. The van der Waals surface area contributed by atoms with Crippen molar-refractivity contribution in [2.45, 2.75) is 13.0 Å². The summed E-state index contributed by atoms with van der Waals surface area (Å²) in [6.07, 6.45) is 3.14. The van der Waals surface area contributed by atoms with Crippen LogP contribution in [0.25, 0.3) is 0 Å². The Morgan fingerprint density at radius 2 is 1.83 bits per heavy atom. The lowest BCUT2D eigenvalue weighted by Crippen LogP contribution is -2.49. The smallest absolute Gasteiger partial charge is 0.182 e. The first-order valence-corrected chi connectivity index (χ1v) is 8.26. The summed E-state index contributed by atoms with van der Waals surface area (Å²) < 4.78 is 0. The molecule has 0 unspecified atom stereocenters. The van der Waals surface area contributed by atoms with Crippen LogP contribution in [-0.4, -0.2) is 53.6 Å². The van der Waals surface area contributed by atoms with Crippen LogP contribution >= 0.6 is 0 Å². The van der Waals surface area contributed by atoms with Gasteiger partial charge in [0.05, 0.1) is 0 Å². The van der Waals surface area contributed by atoms with E-state index in [2.05, 4.69) is 68.4 Å². The summed E-state index contributed by atoms with van der Waals surface area (Å²) in [6, 6.07) is 12.8. The van der Waals surface area contributed by atoms with Gasteiger partial charge >= 0.3 is 0 Å². The number of hydrogen-bond donors (Lipinski definition) is 1. The number of benzene rings is 1. The van der Waals surface area contributed by atoms with Gasteiger partial charge < -0.3 is 10.2 Å². The van der Waals surface area contributed by atoms with Crippen LogP contribution in [0, 0.1) is 11.3 Å². The van der Waals surface area contributed by atoms with Crippen LogP contribution in [0.3, 0.4) is 0 Å². The minimum atomic E-state index is 0.206. The Morgan fingerprint density at radius 1 is 1.12 bits per heavy atom. The number of anilines is 2. The Labute approximate surface area is 142 Å². The highest BCUT2D eigenvalue weighted by atomic mass is 15.3. The Kier molecular flexibility index (Phi) is 5.24. The lowest BCUT2D eigenvalue weighted by Gasteiger charge is -2.37. The van der Waals surface area contributed by atoms with Gasteiger partial charge in [-0.05, 0) is 19.1 Å². The molecule has 0 saturated carbocycles. The highest BCUT2D eigenvalue weighted by molar-refractivity contribution is 5.47. The normalized spacial score (nSPS) is 16.4. The van der Waals surface area contributed by atoms with Gasteiger partial charge in [-0.2, -0.15) is 5.26 Å². The van der Waals surface area contributed by atoms with E-state index in [9.17, 15) is 0 Å². The molecule has 1 aliphatic rings. The predicted molar refractivity (Wildman–Crippen MR) is 94.9 cm³/mol. The molecule has 2 aromatic rings. The van der Waals surface area contributed by atoms with Crippen LogP contribution in [0.15, 0.2) is 42.7 Å². The number of nitrogens with zero attached hydrogens (tertiary/aromatic N) is 5. The van der Waals surface area contributed by atoms with Gasteiger partial charge in [0.25, 0.3) is 0 Å². The summed E-state index contributed by atoms with van der Waals surface area (Å²) >= 11 is 0. The van der Waals surface area contributed by atoms with Gasteiger partial charge in [-0.1, -0.05) is 18.2 Å². The molecular formula is C18H22N6. The van der Waals surface area contributed by atoms with E-state index in [0.717, 1.165) is 32.7 Å². The van der Waals surface area contributed by atoms with Crippen molar-refractivity contribution in [3.63, 3.8) is 0 Å². The summed E-state index contributed by atoms with van der Waals surface area (Å²) in [5, 5.41) is 12.4. The van der Waals surface area contributed by atoms with E-state index in [-0.39, 0.29) is 6.04 Å². The van der Waals surface area contributed by atoms with Crippen molar-refractivity contribution < 1.29 is 0 Å². The lowest BCUT2D eigenvalue weighted by atomic mass is 10.2. The predicted octanol–water partition coefficient (Wildman–Crippen LogP) is 1.97. The highest BCUT2D eigenvalue weighted by Gasteiger charge is 2.19. The van der Waals surface area contributed by atoms with Gasteiger partial charge in [0.2, 0.25) is 0 Å². The topological polar surface area (TPSA) is 68.1 Å². The Morgan fingerprint density at radius 3 is 2.54 bits per heavy atom. The molecule has 0 aliphatic carbocycles. The minimum absolute atomic E-state index is 0.206. The molecule has 124 valence electrons. The number of rotatable bonds is 5. The molecule has 24 heavy (non-hydrogen) atoms. The van der Waals surface area contributed by atoms with Crippen molar-refractivity contribution in [2.24, 2.45) is 0 Å². The molecule has 1 atom stereocenters. The minimum Gasteiger partial charge on any atom is -0.369 e. The van der Waals surface area contributed by atoms with E-state index < -0.39 is 0 Å². The second-order valence-corrected chi connectivity index (χ2v) is 6.03. The number of piperazine rings is 1. The van der Waals surface area contributed by atoms with E-state index in [1.807, 2.05) is 0 Å². The van der Waals surface area contributed by atoms with Gasteiger partial charge in [0.1, 0.15) is 6.07 Å². The molecule has 0 spiro atoms. The first-order valence-electron chi connectivity index (χ1n) is 8.26. The molecule has 1 N–H and O–H groups in total. The van der Waals surface area contributed by atoms with Crippen molar-refractivity contribution in [3.05, 3.63) is 48.4 Å². The second-order valence-electron chi connectivity index (χ2n) is 6.03. The fraction of sp³-hybridized carbons (Fsp3) is 0.389. The van der Waals surface area contributed by atoms with E-state index in [0.29, 0.717) is 11.5 Å². The Bertz CT molecular complexity index is 688. The third-order valence-corrected chi connectivity index (χ3v) is 4.21. The van der Waals surface area contributed by atoms with Crippen LogP contribution in [0.5, 0.6) is 0 Å². The monoisotopic (exact) mass is 322 g/mol. The van der Waals surface area contributed by atoms with Crippen molar-refractivity contribution in [1.29, 1.82) is 5.26 Å². The maximum Gasteiger partial charge on any atom is 0.182 e. The van der Waals surface area contributed by atoms with Crippen LogP contribution in [-0.2, 0) is 0 Å². The van der Waals surface area contributed by atoms with E-state index in [1.165, 1.54) is 11.9 Å². The fourth-order valence-electron chi connectivity index (χ4n) is 3.02. The molecule has 6 heteroatoms. The molecule has 1 aliphatic heterocycles. The average molecular weight is 322 g/mol. The van der Waals surface area contributed by atoms with Gasteiger partial charge in [0, 0.05) is 56.8 Å². The summed E-state index contributed by atoms with van der Waals surface area (Å²) in [5.41, 5.74) is 1.64. The standard InChI is InChI=1S/C18H22N6/c1-15(22-18-17(13-19)20-7-8-21-18)14-23-9-11-24(12-10-23)16-5-3-2-4-6-16/h2-8,15H,9-12,14H2,1H3,(H,21,22)/t15-/m0/s1. The first kappa shape index (κ1) is 16.2. The molecule has 1 aromatic heterocycles. The van der Waals surface area contributed by atoms with E-state index in [4.69, 9.17) is 5.26 Å². The van der Waals surface area contributed by atoms with Crippen LogP contribution in [0.1, 0.15) is 12.6 Å². The molecule has 2 heterocycles. The molecule has 0 amide bonds. The number of nitriles is 1. The van der Waals surface area contributed by atoms with Gasteiger partial charge in [0.15, 0.2) is 11.5 Å². The SMILES string of the molecule is C[C@@H](CN1CCN(c2ccccc2)CC1)Nc1nccnc1C#N. The largest absolute Gasteiger partial charge is 0.369 e. The third kappa shape index (κ3) is 4.00. The van der Waals surface area contributed by atoms with Crippen molar-refractivity contribution >= 4 is 11.5 Å². The number of para-hydroxylation sites is 1. The second kappa shape index (κ2) is 7.75. The van der Waals surface area contributed by atoms with Gasteiger partial charge in [-0.25, -0.2) is 9.97 Å². The van der Waals surface area contributed by atoms with Crippen molar-refractivity contribution in [3.8, 4) is 6.07 Å². The zero-order valence-electron chi connectivity index (χ0n) is 13.9. The maximum atomic E-state index is 9.08.